The molecule has 4 aromatic carbocycles. The molecule has 0 amide bonds. The third-order valence-corrected chi connectivity index (χ3v) is 6.01. The van der Waals surface area contributed by atoms with Gasteiger partial charge in [0.1, 0.15) is 0 Å². The van der Waals surface area contributed by atoms with Crippen LogP contribution in [0.2, 0.25) is 0 Å². The van der Waals surface area contributed by atoms with E-state index in [1.165, 1.54) is 22.4 Å². The predicted octanol–water partition coefficient (Wildman–Crippen LogP) is 6.66. The van der Waals surface area contributed by atoms with Crippen molar-refractivity contribution in [2.45, 2.75) is 24.4 Å². The normalized spacial score (nSPS) is 20.1. The molecule has 30 heavy (non-hydrogen) atoms. The number of fused-ring (bicyclic) bond motifs is 1. The minimum absolute atomic E-state index is 0.181. The maximum absolute atomic E-state index is 3.87. The van der Waals surface area contributed by atoms with E-state index in [2.05, 4.69) is 126 Å². The van der Waals surface area contributed by atoms with Crippen LogP contribution in [-0.2, 0) is 6.42 Å². The van der Waals surface area contributed by atoms with Gasteiger partial charge in [0, 0.05) is 23.3 Å². The van der Waals surface area contributed by atoms with Gasteiger partial charge < -0.3 is 10.6 Å². The van der Waals surface area contributed by atoms with Crippen LogP contribution in [0, 0.1) is 0 Å². The zero-order chi connectivity index (χ0) is 20.2. The van der Waals surface area contributed by atoms with Gasteiger partial charge in [0.25, 0.3) is 0 Å². The predicted molar refractivity (Wildman–Crippen MR) is 126 cm³/mol. The van der Waals surface area contributed by atoms with E-state index < -0.39 is 0 Å². The van der Waals surface area contributed by atoms with Crippen LogP contribution >= 0.6 is 0 Å². The molecule has 1 aliphatic rings. The van der Waals surface area contributed by atoms with Crippen LogP contribution in [0.3, 0.4) is 0 Å². The summed E-state index contributed by atoms with van der Waals surface area (Å²) in [5.41, 5.74) is 6.40. The Balaban J connectivity index is 1.60. The van der Waals surface area contributed by atoms with Gasteiger partial charge in [0.15, 0.2) is 0 Å². The molecule has 1 aliphatic heterocycles. The fourth-order valence-corrected chi connectivity index (χ4v) is 4.64. The van der Waals surface area contributed by atoms with Gasteiger partial charge in [0.05, 0.1) is 6.04 Å². The summed E-state index contributed by atoms with van der Waals surface area (Å²) < 4.78 is 0. The van der Waals surface area contributed by atoms with Gasteiger partial charge in [-0.3, -0.25) is 0 Å². The summed E-state index contributed by atoms with van der Waals surface area (Å²) in [4.78, 5) is 0. The maximum Gasteiger partial charge on any atom is 0.0622 e. The van der Waals surface area contributed by atoms with Crippen molar-refractivity contribution < 1.29 is 0 Å². The first kappa shape index (κ1) is 18.5. The molecule has 0 aromatic heterocycles. The highest BCUT2D eigenvalue weighted by Crippen LogP contribution is 2.45. The van der Waals surface area contributed by atoms with E-state index in [1.54, 1.807) is 0 Å². The smallest absolute Gasteiger partial charge is 0.0622 e. The first-order chi connectivity index (χ1) is 14.9. The molecule has 0 saturated heterocycles. The highest BCUT2D eigenvalue weighted by atomic mass is 15.0. The Hall–Kier alpha value is -3.52. The minimum Gasteiger partial charge on any atom is -0.381 e. The van der Waals surface area contributed by atoms with E-state index in [-0.39, 0.29) is 12.1 Å². The van der Waals surface area contributed by atoms with Crippen LogP contribution in [0.25, 0.3) is 0 Å². The number of hydrogen-bond acceptors (Lipinski definition) is 2. The SMILES string of the molecule is c1ccc(C[C@H]2Nc3ccccc3[C@@H](Nc3ccccc3)[C@H]2c2ccccc2)cc1. The molecule has 148 valence electrons. The topological polar surface area (TPSA) is 24.1 Å². The number of nitrogens with one attached hydrogen (secondary N) is 2. The van der Waals surface area contributed by atoms with Crippen molar-refractivity contribution in [1.82, 2.24) is 0 Å². The van der Waals surface area contributed by atoms with Crippen molar-refractivity contribution in [3.8, 4) is 0 Å². The van der Waals surface area contributed by atoms with Gasteiger partial charge in [-0.15, -0.1) is 0 Å². The number of rotatable bonds is 5. The summed E-state index contributed by atoms with van der Waals surface area (Å²) in [7, 11) is 0. The van der Waals surface area contributed by atoms with E-state index >= 15 is 0 Å². The lowest BCUT2D eigenvalue weighted by Crippen LogP contribution is -2.40. The van der Waals surface area contributed by atoms with Crippen molar-refractivity contribution in [1.29, 1.82) is 0 Å². The third kappa shape index (κ3) is 3.81. The van der Waals surface area contributed by atoms with Gasteiger partial charge >= 0.3 is 0 Å². The number of anilines is 2. The van der Waals surface area contributed by atoms with Crippen molar-refractivity contribution in [3.63, 3.8) is 0 Å². The summed E-state index contributed by atoms with van der Waals surface area (Å²) >= 11 is 0. The third-order valence-electron chi connectivity index (χ3n) is 6.01. The Morgan fingerprint density at radius 2 is 1.23 bits per heavy atom. The van der Waals surface area contributed by atoms with Crippen LogP contribution in [0.5, 0.6) is 0 Å². The molecule has 0 bridgehead atoms. The number of para-hydroxylation sites is 2. The van der Waals surface area contributed by atoms with Crippen LogP contribution in [0.1, 0.15) is 28.7 Å². The Labute approximate surface area is 178 Å². The first-order valence-corrected chi connectivity index (χ1v) is 10.6. The Kier molecular flexibility index (Phi) is 5.22. The molecule has 2 nitrogen and oxygen atoms in total. The molecule has 1 heterocycles. The Morgan fingerprint density at radius 1 is 0.633 bits per heavy atom. The highest BCUT2D eigenvalue weighted by Gasteiger charge is 2.37. The van der Waals surface area contributed by atoms with Crippen LogP contribution < -0.4 is 10.6 Å². The summed E-state index contributed by atoms with van der Waals surface area (Å²) in [6, 6.07) is 41.4. The first-order valence-electron chi connectivity index (χ1n) is 10.6. The number of benzene rings is 4. The monoisotopic (exact) mass is 390 g/mol. The molecule has 5 rings (SSSR count). The average molecular weight is 391 g/mol. The Morgan fingerprint density at radius 3 is 1.97 bits per heavy atom. The fourth-order valence-electron chi connectivity index (χ4n) is 4.64. The van der Waals surface area contributed by atoms with Crippen molar-refractivity contribution in [3.05, 3.63) is 132 Å². The molecule has 0 aliphatic carbocycles. The maximum atomic E-state index is 3.87. The minimum atomic E-state index is 0.181. The zero-order valence-electron chi connectivity index (χ0n) is 16.9. The van der Waals surface area contributed by atoms with Gasteiger partial charge in [-0.05, 0) is 41.3 Å². The largest absolute Gasteiger partial charge is 0.381 e. The van der Waals surface area contributed by atoms with E-state index in [9.17, 15) is 0 Å². The van der Waals surface area contributed by atoms with Gasteiger partial charge in [-0.25, -0.2) is 0 Å². The summed E-state index contributed by atoms with van der Waals surface area (Å²) in [6.45, 7) is 0. The van der Waals surface area contributed by atoms with Crippen LogP contribution in [-0.4, -0.2) is 6.04 Å². The summed E-state index contributed by atoms with van der Waals surface area (Å²) in [6.07, 6.45) is 0.974. The summed E-state index contributed by atoms with van der Waals surface area (Å²) in [5.74, 6) is 0.293. The van der Waals surface area contributed by atoms with Gasteiger partial charge in [-0.1, -0.05) is 97.1 Å². The van der Waals surface area contributed by atoms with Crippen molar-refractivity contribution in [2.75, 3.05) is 10.6 Å². The molecule has 2 heteroatoms. The lowest BCUT2D eigenvalue weighted by molar-refractivity contribution is 0.479. The van der Waals surface area contributed by atoms with E-state index in [0.717, 1.165) is 12.1 Å². The molecular weight excluding hydrogens is 364 g/mol. The molecule has 4 aromatic rings. The lowest BCUT2D eigenvalue weighted by Gasteiger charge is -2.42. The molecule has 0 saturated carbocycles. The highest BCUT2D eigenvalue weighted by molar-refractivity contribution is 5.61. The molecule has 0 fully saturated rings. The molecule has 3 atom stereocenters. The quantitative estimate of drug-likeness (QED) is 0.398. The average Bonchev–Trinajstić information content (AvgIpc) is 2.81. The van der Waals surface area contributed by atoms with E-state index in [4.69, 9.17) is 0 Å². The summed E-state index contributed by atoms with van der Waals surface area (Å²) in [5, 5.41) is 7.73. The van der Waals surface area contributed by atoms with Crippen molar-refractivity contribution >= 4 is 11.4 Å². The number of hydrogen-bond donors (Lipinski definition) is 2. The molecule has 0 spiro atoms. The fraction of sp³-hybridized carbons (Fsp3) is 0.143. The Bertz CT molecular complexity index is 1080. The van der Waals surface area contributed by atoms with Gasteiger partial charge in [-0.2, -0.15) is 0 Å². The second kappa shape index (κ2) is 8.46. The van der Waals surface area contributed by atoms with Crippen molar-refractivity contribution in [2.24, 2.45) is 0 Å². The molecule has 2 N–H and O–H groups in total. The van der Waals surface area contributed by atoms with Crippen LogP contribution in [0.4, 0.5) is 11.4 Å². The molecular formula is C28H26N2. The zero-order valence-corrected chi connectivity index (χ0v) is 16.9. The standard InChI is InChI=1S/C28H26N2/c1-4-12-21(13-5-1)20-26-27(22-14-6-2-7-15-22)28(29-23-16-8-3-9-17-23)24-18-10-11-19-25(24)30-26/h1-19,26-30H,20H2/t26-,27+,28-/m1/s1. The van der Waals surface area contributed by atoms with E-state index in [0.29, 0.717) is 5.92 Å². The molecule has 0 unspecified atom stereocenters. The van der Waals surface area contributed by atoms with Gasteiger partial charge in [0.2, 0.25) is 0 Å². The van der Waals surface area contributed by atoms with E-state index in [1.807, 2.05) is 0 Å². The lowest BCUT2D eigenvalue weighted by atomic mass is 9.76. The second-order valence-electron chi connectivity index (χ2n) is 7.95. The molecule has 0 radical (unpaired) electrons. The van der Waals surface area contributed by atoms with Crippen LogP contribution in [0.15, 0.2) is 115 Å². The second-order valence-corrected chi connectivity index (χ2v) is 7.95.